The van der Waals surface area contributed by atoms with Crippen molar-refractivity contribution in [2.45, 2.75) is 45.6 Å². The SMILES string of the molecule is Cc1ccccc1C(CC(=O)O)NC(=O)c1[nH]c2c(c1C)C(=O)CCC2. The molecule has 26 heavy (non-hydrogen) atoms. The van der Waals surface area contributed by atoms with Crippen LogP contribution in [0.25, 0.3) is 0 Å². The zero-order valence-electron chi connectivity index (χ0n) is 14.9. The number of carbonyl (C=O) groups is 3. The van der Waals surface area contributed by atoms with Crippen LogP contribution in [0, 0.1) is 13.8 Å². The fourth-order valence-corrected chi connectivity index (χ4v) is 3.62. The van der Waals surface area contributed by atoms with E-state index in [1.165, 1.54) is 0 Å². The monoisotopic (exact) mass is 354 g/mol. The third-order valence-electron chi connectivity index (χ3n) is 4.91. The predicted octanol–water partition coefficient (Wildman–Crippen LogP) is 3.10. The van der Waals surface area contributed by atoms with Crippen molar-refractivity contribution in [3.63, 3.8) is 0 Å². The highest BCUT2D eigenvalue weighted by Crippen LogP contribution is 2.27. The van der Waals surface area contributed by atoms with E-state index in [-0.39, 0.29) is 18.1 Å². The normalized spacial score (nSPS) is 14.6. The molecule has 1 aliphatic rings. The highest BCUT2D eigenvalue weighted by atomic mass is 16.4. The minimum absolute atomic E-state index is 0.0556. The number of carbonyl (C=O) groups excluding carboxylic acids is 2. The number of Topliss-reactive ketones (excluding diaryl/α,β-unsaturated/α-hetero) is 1. The molecule has 1 aromatic carbocycles. The molecule has 1 aliphatic carbocycles. The third kappa shape index (κ3) is 3.40. The summed E-state index contributed by atoms with van der Waals surface area (Å²) in [7, 11) is 0. The van der Waals surface area contributed by atoms with Gasteiger partial charge >= 0.3 is 5.97 Å². The number of carboxylic acid groups (broad SMARTS) is 1. The van der Waals surface area contributed by atoms with E-state index in [0.717, 1.165) is 29.7 Å². The van der Waals surface area contributed by atoms with E-state index in [9.17, 15) is 19.5 Å². The van der Waals surface area contributed by atoms with E-state index in [1.807, 2.05) is 31.2 Å². The average Bonchev–Trinajstić information content (AvgIpc) is 2.92. The van der Waals surface area contributed by atoms with Gasteiger partial charge in [-0.2, -0.15) is 0 Å². The maximum Gasteiger partial charge on any atom is 0.305 e. The molecule has 2 aromatic rings. The fourth-order valence-electron chi connectivity index (χ4n) is 3.62. The number of fused-ring (bicyclic) bond motifs is 1. The highest BCUT2D eigenvalue weighted by Gasteiger charge is 2.28. The Morgan fingerprint density at radius 3 is 2.62 bits per heavy atom. The van der Waals surface area contributed by atoms with E-state index in [1.54, 1.807) is 6.92 Å². The average molecular weight is 354 g/mol. The highest BCUT2D eigenvalue weighted by molar-refractivity contribution is 6.04. The van der Waals surface area contributed by atoms with Gasteiger partial charge in [0.2, 0.25) is 0 Å². The molecule has 0 spiro atoms. The lowest BCUT2D eigenvalue weighted by Gasteiger charge is -2.19. The Hall–Kier alpha value is -2.89. The standard InChI is InChI=1S/C20H22N2O4/c1-11-6-3-4-7-13(11)15(10-17(24)25)22-20(26)19-12(2)18-14(21-19)8-5-9-16(18)23/h3-4,6-7,15,21H,5,8-10H2,1-2H3,(H,22,26)(H,24,25). The summed E-state index contributed by atoms with van der Waals surface area (Å²) in [5.74, 6) is -1.32. The minimum atomic E-state index is -0.990. The van der Waals surface area contributed by atoms with Gasteiger partial charge in [-0.1, -0.05) is 24.3 Å². The van der Waals surface area contributed by atoms with Crippen LogP contribution in [0.15, 0.2) is 24.3 Å². The molecule has 0 saturated carbocycles. The fraction of sp³-hybridized carbons (Fsp3) is 0.350. The van der Waals surface area contributed by atoms with Gasteiger partial charge in [0, 0.05) is 17.7 Å². The van der Waals surface area contributed by atoms with Crippen LogP contribution in [0.4, 0.5) is 0 Å². The van der Waals surface area contributed by atoms with Crippen LogP contribution in [0.5, 0.6) is 0 Å². The van der Waals surface area contributed by atoms with E-state index < -0.39 is 12.0 Å². The van der Waals surface area contributed by atoms with Gasteiger partial charge in [0.1, 0.15) is 5.69 Å². The number of nitrogens with one attached hydrogen (secondary N) is 2. The van der Waals surface area contributed by atoms with Gasteiger partial charge < -0.3 is 15.4 Å². The van der Waals surface area contributed by atoms with Gasteiger partial charge in [-0.05, 0) is 43.4 Å². The van der Waals surface area contributed by atoms with Crippen LogP contribution in [0.1, 0.15) is 68.5 Å². The first kappa shape index (κ1) is 17.9. The first-order valence-corrected chi connectivity index (χ1v) is 8.71. The first-order valence-electron chi connectivity index (χ1n) is 8.71. The van der Waals surface area contributed by atoms with Crippen molar-refractivity contribution in [1.29, 1.82) is 0 Å². The summed E-state index contributed by atoms with van der Waals surface area (Å²) in [6.07, 6.45) is 1.80. The number of benzene rings is 1. The molecule has 136 valence electrons. The van der Waals surface area contributed by atoms with Crippen LogP contribution < -0.4 is 5.32 Å². The van der Waals surface area contributed by atoms with E-state index in [2.05, 4.69) is 10.3 Å². The van der Waals surface area contributed by atoms with Crippen LogP contribution in [0.2, 0.25) is 0 Å². The minimum Gasteiger partial charge on any atom is -0.481 e. The smallest absolute Gasteiger partial charge is 0.305 e. The van der Waals surface area contributed by atoms with Crippen LogP contribution in [-0.2, 0) is 11.2 Å². The van der Waals surface area contributed by atoms with Gasteiger partial charge in [-0.15, -0.1) is 0 Å². The van der Waals surface area contributed by atoms with Crippen LogP contribution in [-0.4, -0.2) is 27.8 Å². The zero-order valence-corrected chi connectivity index (χ0v) is 14.9. The molecule has 0 aliphatic heterocycles. The number of aliphatic carboxylic acids is 1. The molecule has 1 amide bonds. The second kappa shape index (κ2) is 7.15. The van der Waals surface area contributed by atoms with E-state index in [4.69, 9.17) is 0 Å². The number of aromatic nitrogens is 1. The van der Waals surface area contributed by atoms with E-state index in [0.29, 0.717) is 23.2 Å². The number of amides is 1. The quantitative estimate of drug-likeness (QED) is 0.768. The molecule has 0 saturated heterocycles. The Labute approximate surface area is 151 Å². The summed E-state index contributed by atoms with van der Waals surface area (Å²) in [4.78, 5) is 39.3. The van der Waals surface area contributed by atoms with Gasteiger partial charge in [-0.3, -0.25) is 14.4 Å². The first-order chi connectivity index (χ1) is 12.4. The summed E-state index contributed by atoms with van der Waals surface area (Å²) < 4.78 is 0. The summed E-state index contributed by atoms with van der Waals surface area (Å²) in [6.45, 7) is 3.64. The molecule has 3 N–H and O–H groups in total. The molecule has 3 rings (SSSR count). The lowest BCUT2D eigenvalue weighted by molar-refractivity contribution is -0.137. The molecular weight excluding hydrogens is 332 g/mol. The molecule has 6 nitrogen and oxygen atoms in total. The van der Waals surface area contributed by atoms with Crippen LogP contribution in [0.3, 0.4) is 0 Å². The molecule has 0 fully saturated rings. The number of ketones is 1. The number of hydrogen-bond acceptors (Lipinski definition) is 3. The maximum atomic E-state index is 12.8. The maximum absolute atomic E-state index is 12.8. The molecule has 0 bridgehead atoms. The third-order valence-corrected chi connectivity index (χ3v) is 4.91. The molecule has 1 heterocycles. The van der Waals surface area contributed by atoms with Crippen molar-refractivity contribution in [1.82, 2.24) is 10.3 Å². The predicted molar refractivity (Wildman–Crippen MR) is 96.4 cm³/mol. The van der Waals surface area contributed by atoms with Gasteiger partial charge in [-0.25, -0.2) is 0 Å². The summed E-state index contributed by atoms with van der Waals surface area (Å²) in [5, 5.41) is 12.1. The molecule has 1 unspecified atom stereocenters. The number of aromatic amines is 1. The van der Waals surface area contributed by atoms with Gasteiger partial charge in [0.05, 0.1) is 12.5 Å². The summed E-state index contributed by atoms with van der Waals surface area (Å²) in [6, 6.07) is 6.75. The van der Waals surface area contributed by atoms with Gasteiger partial charge in [0.15, 0.2) is 5.78 Å². The Morgan fingerprint density at radius 1 is 1.23 bits per heavy atom. The molecule has 0 radical (unpaired) electrons. The number of hydrogen-bond donors (Lipinski definition) is 3. The second-order valence-electron chi connectivity index (χ2n) is 6.74. The van der Waals surface area contributed by atoms with E-state index >= 15 is 0 Å². The van der Waals surface area contributed by atoms with Crippen LogP contribution >= 0.6 is 0 Å². The Balaban J connectivity index is 1.90. The largest absolute Gasteiger partial charge is 0.481 e. The topological polar surface area (TPSA) is 99.3 Å². The Morgan fingerprint density at radius 2 is 1.96 bits per heavy atom. The van der Waals surface area contributed by atoms with Crippen molar-refractivity contribution in [2.24, 2.45) is 0 Å². The van der Waals surface area contributed by atoms with Crippen molar-refractivity contribution in [3.05, 3.63) is 57.9 Å². The lowest BCUT2D eigenvalue weighted by Crippen LogP contribution is -2.31. The number of carboxylic acids is 1. The Bertz CT molecular complexity index is 882. The summed E-state index contributed by atoms with van der Waals surface area (Å²) >= 11 is 0. The molecule has 6 heteroatoms. The summed E-state index contributed by atoms with van der Waals surface area (Å²) in [5.41, 5.74) is 4.09. The zero-order chi connectivity index (χ0) is 18.8. The lowest BCUT2D eigenvalue weighted by atomic mass is 9.93. The number of H-pyrrole nitrogens is 1. The van der Waals surface area contributed by atoms with Crippen molar-refractivity contribution in [3.8, 4) is 0 Å². The second-order valence-corrected chi connectivity index (χ2v) is 6.74. The van der Waals surface area contributed by atoms with Gasteiger partial charge in [0.25, 0.3) is 5.91 Å². The number of aryl methyl sites for hydroxylation is 2. The molecular formula is C20H22N2O4. The number of rotatable bonds is 5. The molecule has 1 aromatic heterocycles. The van der Waals surface area contributed by atoms with Crippen molar-refractivity contribution >= 4 is 17.7 Å². The Kier molecular flexibility index (Phi) is 4.93. The van der Waals surface area contributed by atoms with Crippen molar-refractivity contribution < 1.29 is 19.5 Å². The molecule has 1 atom stereocenters. The van der Waals surface area contributed by atoms with Crippen molar-refractivity contribution in [2.75, 3.05) is 0 Å².